The summed E-state index contributed by atoms with van der Waals surface area (Å²) in [5.41, 5.74) is 0.740. The van der Waals surface area contributed by atoms with Crippen LogP contribution in [0.5, 0.6) is 0 Å². The molecule has 2 N–H and O–H groups in total. The third-order valence-electron chi connectivity index (χ3n) is 2.87. The van der Waals surface area contributed by atoms with Gasteiger partial charge in [0, 0.05) is 0 Å². The Hall–Kier alpha value is -0.940. The molecular weight excluding hydrogens is 282 g/mol. The summed E-state index contributed by atoms with van der Waals surface area (Å²) in [6, 6.07) is 3.59. The van der Waals surface area contributed by atoms with Gasteiger partial charge in [-0.1, -0.05) is 12.8 Å². The molecule has 4 nitrogen and oxygen atoms in total. The van der Waals surface area contributed by atoms with Crippen LogP contribution in [0.2, 0.25) is 0 Å². The zero-order valence-electron chi connectivity index (χ0n) is 9.58. The van der Waals surface area contributed by atoms with E-state index >= 15 is 0 Å². The van der Waals surface area contributed by atoms with Gasteiger partial charge < -0.3 is 10.6 Å². The Morgan fingerprint density at radius 2 is 2.29 bits per heavy atom. The smallest absolute Gasteiger partial charge is 0.241 e. The lowest BCUT2D eigenvalue weighted by atomic mass is 10.1. The first-order chi connectivity index (χ1) is 8.25. The number of hydrogen-bond donors (Lipinski definition) is 2. The molecule has 1 aromatic heterocycles. The normalized spacial score (nSPS) is 20.6. The maximum absolute atomic E-state index is 12.0. The van der Waals surface area contributed by atoms with E-state index in [1.165, 1.54) is 6.42 Å². The van der Waals surface area contributed by atoms with Gasteiger partial charge in [-0.25, -0.2) is 4.98 Å². The predicted molar refractivity (Wildman–Crippen MR) is 70.8 cm³/mol. The minimum Gasteiger partial charge on any atom is -0.323 e. The summed E-state index contributed by atoms with van der Waals surface area (Å²) in [4.78, 5) is 16.1. The van der Waals surface area contributed by atoms with Crippen molar-refractivity contribution in [2.24, 2.45) is 0 Å². The molecule has 92 valence electrons. The van der Waals surface area contributed by atoms with Gasteiger partial charge in [0.05, 0.1) is 17.9 Å². The maximum Gasteiger partial charge on any atom is 0.241 e. The van der Waals surface area contributed by atoms with Gasteiger partial charge in [0.2, 0.25) is 5.91 Å². The number of nitrogens with zero attached hydrogens (tertiary/aromatic N) is 1. The lowest BCUT2D eigenvalue weighted by Gasteiger charge is -2.15. The van der Waals surface area contributed by atoms with Gasteiger partial charge in [0.25, 0.3) is 0 Å². The zero-order valence-corrected chi connectivity index (χ0v) is 11.2. The molecule has 1 aromatic rings. The summed E-state index contributed by atoms with van der Waals surface area (Å²) < 4.78 is 0.767. The molecule has 5 heteroatoms. The maximum atomic E-state index is 12.0. The number of carbonyl (C=O) groups is 1. The van der Waals surface area contributed by atoms with Gasteiger partial charge in [-0.15, -0.1) is 0 Å². The minimum atomic E-state index is -0.0684. The molecule has 1 unspecified atom stereocenters. The highest BCUT2D eigenvalue weighted by Gasteiger charge is 2.19. The van der Waals surface area contributed by atoms with Crippen LogP contribution in [-0.4, -0.2) is 23.5 Å². The quantitative estimate of drug-likeness (QED) is 0.824. The van der Waals surface area contributed by atoms with E-state index in [1.54, 1.807) is 6.20 Å². The molecule has 1 aliphatic rings. The molecule has 0 saturated carbocycles. The fourth-order valence-electron chi connectivity index (χ4n) is 1.93. The van der Waals surface area contributed by atoms with Crippen LogP contribution in [-0.2, 0) is 4.79 Å². The highest BCUT2D eigenvalue weighted by Crippen LogP contribution is 2.13. The number of pyridine rings is 1. The summed E-state index contributed by atoms with van der Waals surface area (Å²) in [5.74, 6) is 0.0380. The highest BCUT2D eigenvalue weighted by molar-refractivity contribution is 9.10. The monoisotopic (exact) mass is 297 g/mol. The Morgan fingerprint density at radius 3 is 3.06 bits per heavy atom. The third kappa shape index (κ3) is 3.78. The van der Waals surface area contributed by atoms with Crippen molar-refractivity contribution in [1.82, 2.24) is 10.3 Å². The lowest BCUT2D eigenvalue weighted by Crippen LogP contribution is -2.39. The third-order valence-corrected chi connectivity index (χ3v) is 3.34. The van der Waals surface area contributed by atoms with Crippen LogP contribution in [0, 0.1) is 0 Å². The average molecular weight is 298 g/mol. The Bertz CT molecular complexity index is 372. The Kier molecular flexibility index (Phi) is 4.50. The largest absolute Gasteiger partial charge is 0.323 e. The molecular formula is C12H16BrN3O. The molecule has 2 heterocycles. The summed E-state index contributed by atoms with van der Waals surface area (Å²) in [5, 5.41) is 6.15. The van der Waals surface area contributed by atoms with Crippen LogP contribution in [0.1, 0.15) is 25.7 Å². The molecule has 1 saturated heterocycles. The molecule has 1 fully saturated rings. The number of halogens is 1. The van der Waals surface area contributed by atoms with Gasteiger partial charge in [-0.3, -0.25) is 4.79 Å². The first-order valence-corrected chi connectivity index (χ1v) is 6.71. The van der Waals surface area contributed by atoms with Crippen LogP contribution in [0.3, 0.4) is 0 Å². The molecule has 2 rings (SSSR count). The fraction of sp³-hybridized carbons (Fsp3) is 0.500. The molecule has 0 spiro atoms. The van der Waals surface area contributed by atoms with Gasteiger partial charge in [0.1, 0.15) is 4.60 Å². The first-order valence-electron chi connectivity index (χ1n) is 5.91. The van der Waals surface area contributed by atoms with Crippen molar-refractivity contribution >= 4 is 27.5 Å². The van der Waals surface area contributed by atoms with Crippen molar-refractivity contribution in [3.8, 4) is 0 Å². The first kappa shape index (κ1) is 12.5. The van der Waals surface area contributed by atoms with E-state index in [0.29, 0.717) is 0 Å². The van der Waals surface area contributed by atoms with E-state index < -0.39 is 0 Å². The number of amides is 1. The number of nitrogens with one attached hydrogen (secondary N) is 2. The van der Waals surface area contributed by atoms with E-state index in [9.17, 15) is 4.79 Å². The van der Waals surface area contributed by atoms with Crippen molar-refractivity contribution in [3.05, 3.63) is 22.9 Å². The summed E-state index contributed by atoms with van der Waals surface area (Å²) in [7, 11) is 0. The van der Waals surface area contributed by atoms with Crippen LogP contribution in [0.4, 0.5) is 5.69 Å². The van der Waals surface area contributed by atoms with Gasteiger partial charge >= 0.3 is 0 Å². The molecule has 1 atom stereocenters. The highest BCUT2D eigenvalue weighted by atomic mass is 79.9. The van der Waals surface area contributed by atoms with Gasteiger partial charge in [-0.05, 0) is 47.4 Å². The van der Waals surface area contributed by atoms with E-state index in [1.807, 2.05) is 12.1 Å². The van der Waals surface area contributed by atoms with Crippen molar-refractivity contribution in [2.75, 3.05) is 11.9 Å². The Labute approximate surface area is 109 Å². The van der Waals surface area contributed by atoms with Crippen molar-refractivity contribution < 1.29 is 4.79 Å². The van der Waals surface area contributed by atoms with Crippen molar-refractivity contribution in [2.45, 2.75) is 31.7 Å². The second kappa shape index (κ2) is 6.12. The fourth-order valence-corrected chi connectivity index (χ4v) is 2.17. The molecule has 0 aliphatic carbocycles. The second-order valence-electron chi connectivity index (χ2n) is 4.21. The number of aromatic nitrogens is 1. The summed E-state index contributed by atoms with van der Waals surface area (Å²) in [6.45, 7) is 0.927. The lowest BCUT2D eigenvalue weighted by molar-refractivity contribution is -0.118. The topological polar surface area (TPSA) is 54.0 Å². The molecule has 17 heavy (non-hydrogen) atoms. The van der Waals surface area contributed by atoms with Crippen molar-refractivity contribution in [1.29, 1.82) is 0 Å². The molecule has 1 aliphatic heterocycles. The standard InChI is InChI=1S/C12H16BrN3O/c13-11-6-5-9(8-15-11)16-12(17)10-4-2-1-3-7-14-10/h5-6,8,10,14H,1-4,7H2,(H,16,17). The molecule has 0 aromatic carbocycles. The van der Waals surface area contributed by atoms with E-state index in [2.05, 4.69) is 31.5 Å². The van der Waals surface area contributed by atoms with Gasteiger partial charge in [0.15, 0.2) is 0 Å². The zero-order chi connectivity index (χ0) is 12.1. The number of rotatable bonds is 2. The summed E-state index contributed by atoms with van der Waals surface area (Å²) in [6.07, 6.45) is 6.04. The molecule has 1 amide bonds. The van der Waals surface area contributed by atoms with E-state index in [4.69, 9.17) is 0 Å². The number of carbonyl (C=O) groups excluding carboxylic acids is 1. The second-order valence-corrected chi connectivity index (χ2v) is 5.03. The van der Waals surface area contributed by atoms with E-state index in [0.717, 1.165) is 36.1 Å². The number of anilines is 1. The van der Waals surface area contributed by atoms with E-state index in [-0.39, 0.29) is 11.9 Å². The molecule has 0 radical (unpaired) electrons. The predicted octanol–water partition coefficient (Wildman–Crippen LogP) is 2.31. The summed E-state index contributed by atoms with van der Waals surface area (Å²) >= 11 is 3.26. The van der Waals surface area contributed by atoms with Crippen LogP contribution < -0.4 is 10.6 Å². The Balaban J connectivity index is 1.93. The Morgan fingerprint density at radius 1 is 1.41 bits per heavy atom. The minimum absolute atomic E-state index is 0.0380. The van der Waals surface area contributed by atoms with Gasteiger partial charge in [-0.2, -0.15) is 0 Å². The number of hydrogen-bond acceptors (Lipinski definition) is 3. The average Bonchev–Trinajstić information content (AvgIpc) is 2.61. The van der Waals surface area contributed by atoms with Crippen LogP contribution in [0.15, 0.2) is 22.9 Å². The van der Waals surface area contributed by atoms with Crippen molar-refractivity contribution in [3.63, 3.8) is 0 Å². The van der Waals surface area contributed by atoms with Crippen LogP contribution in [0.25, 0.3) is 0 Å². The SMILES string of the molecule is O=C(Nc1ccc(Br)nc1)C1CCCCCN1. The molecule has 0 bridgehead atoms. The van der Waals surface area contributed by atoms with Crippen LogP contribution >= 0.6 is 15.9 Å².